The van der Waals surface area contributed by atoms with Gasteiger partial charge in [-0.05, 0) is 49.2 Å². The molecular weight excluding hydrogens is 447 g/mol. The normalized spacial score (nSPS) is 17.3. The minimum absolute atomic E-state index is 0.0325. The van der Waals surface area contributed by atoms with E-state index in [0.29, 0.717) is 45.5 Å². The molecule has 188 valence electrons. The van der Waals surface area contributed by atoms with E-state index in [4.69, 9.17) is 4.74 Å². The SMILES string of the molecule is O=C(NCCN1CCN(c2ccc(F)cc2)CC1)C1CCN(C(=O)CCOc2ccccc2)CC1. The Kier molecular flexibility index (Phi) is 8.95. The Bertz CT molecular complexity index is 941. The Morgan fingerprint density at radius 2 is 1.60 bits per heavy atom. The van der Waals surface area contributed by atoms with Crippen LogP contribution in [0.4, 0.5) is 10.1 Å². The molecule has 2 amide bonds. The number of carbonyl (C=O) groups excluding carboxylic acids is 2. The summed E-state index contributed by atoms with van der Waals surface area (Å²) in [7, 11) is 0. The Labute approximate surface area is 206 Å². The summed E-state index contributed by atoms with van der Waals surface area (Å²) in [5, 5.41) is 3.09. The first kappa shape index (κ1) is 25.0. The molecule has 0 saturated carbocycles. The zero-order valence-electron chi connectivity index (χ0n) is 20.2. The van der Waals surface area contributed by atoms with Gasteiger partial charge in [-0.1, -0.05) is 18.2 Å². The molecule has 0 spiro atoms. The molecule has 2 fully saturated rings. The highest BCUT2D eigenvalue weighted by molar-refractivity contribution is 5.80. The van der Waals surface area contributed by atoms with Crippen LogP contribution >= 0.6 is 0 Å². The molecule has 2 saturated heterocycles. The second kappa shape index (κ2) is 12.5. The van der Waals surface area contributed by atoms with Crippen LogP contribution in [0.5, 0.6) is 5.75 Å². The molecule has 0 aliphatic carbocycles. The second-order valence-electron chi connectivity index (χ2n) is 9.16. The van der Waals surface area contributed by atoms with E-state index in [2.05, 4.69) is 15.1 Å². The van der Waals surface area contributed by atoms with Gasteiger partial charge in [-0.25, -0.2) is 4.39 Å². The predicted molar refractivity (Wildman–Crippen MR) is 134 cm³/mol. The van der Waals surface area contributed by atoms with Crippen LogP contribution in [0.3, 0.4) is 0 Å². The summed E-state index contributed by atoms with van der Waals surface area (Å²) in [6, 6.07) is 16.1. The minimum Gasteiger partial charge on any atom is -0.493 e. The molecular formula is C27H35FN4O3. The number of hydrogen-bond acceptors (Lipinski definition) is 5. The van der Waals surface area contributed by atoms with E-state index in [0.717, 1.165) is 44.2 Å². The fourth-order valence-corrected chi connectivity index (χ4v) is 4.69. The first-order valence-electron chi connectivity index (χ1n) is 12.5. The van der Waals surface area contributed by atoms with Crippen LogP contribution < -0.4 is 15.0 Å². The number of nitrogens with one attached hydrogen (secondary N) is 1. The summed E-state index contributed by atoms with van der Waals surface area (Å²) in [6.07, 6.45) is 1.75. The van der Waals surface area contributed by atoms with Crippen molar-refractivity contribution in [2.75, 3.05) is 63.9 Å². The fourth-order valence-electron chi connectivity index (χ4n) is 4.69. The number of ether oxygens (including phenoxy) is 1. The average molecular weight is 483 g/mol. The lowest BCUT2D eigenvalue weighted by molar-refractivity contribution is -0.136. The molecule has 2 aliphatic heterocycles. The summed E-state index contributed by atoms with van der Waals surface area (Å²) in [4.78, 5) is 31.5. The number of likely N-dealkylation sites (tertiary alicyclic amines) is 1. The molecule has 2 aromatic carbocycles. The third-order valence-electron chi connectivity index (χ3n) is 6.84. The quantitative estimate of drug-likeness (QED) is 0.596. The molecule has 0 radical (unpaired) electrons. The number of carbonyl (C=O) groups is 2. The third-order valence-corrected chi connectivity index (χ3v) is 6.84. The van der Waals surface area contributed by atoms with Gasteiger partial charge in [0.15, 0.2) is 0 Å². The van der Waals surface area contributed by atoms with Crippen molar-refractivity contribution in [2.45, 2.75) is 19.3 Å². The summed E-state index contributed by atoms with van der Waals surface area (Å²) in [5.74, 6) is 0.697. The lowest BCUT2D eigenvalue weighted by Crippen LogP contribution is -2.49. The van der Waals surface area contributed by atoms with Gasteiger partial charge >= 0.3 is 0 Å². The van der Waals surface area contributed by atoms with Gasteiger partial charge in [0, 0.05) is 64.0 Å². The van der Waals surface area contributed by atoms with Crippen molar-refractivity contribution in [1.29, 1.82) is 0 Å². The van der Waals surface area contributed by atoms with Crippen molar-refractivity contribution in [3.63, 3.8) is 0 Å². The number of nitrogens with zero attached hydrogens (tertiary/aromatic N) is 3. The Hall–Kier alpha value is -3.13. The average Bonchev–Trinajstić information content (AvgIpc) is 2.90. The molecule has 0 unspecified atom stereocenters. The van der Waals surface area contributed by atoms with Gasteiger partial charge in [0.05, 0.1) is 13.0 Å². The number of halogens is 1. The maximum absolute atomic E-state index is 13.1. The van der Waals surface area contributed by atoms with Gasteiger partial charge < -0.3 is 19.9 Å². The summed E-state index contributed by atoms with van der Waals surface area (Å²) in [6.45, 7) is 6.67. The lowest BCUT2D eigenvalue weighted by atomic mass is 9.95. The highest BCUT2D eigenvalue weighted by Crippen LogP contribution is 2.19. The molecule has 1 N–H and O–H groups in total. The Balaban J connectivity index is 1.08. The van der Waals surface area contributed by atoms with Crippen LogP contribution in [0, 0.1) is 11.7 Å². The van der Waals surface area contributed by atoms with Crippen LogP contribution in [0.25, 0.3) is 0 Å². The smallest absolute Gasteiger partial charge is 0.225 e. The fraction of sp³-hybridized carbons (Fsp3) is 0.481. The summed E-state index contributed by atoms with van der Waals surface area (Å²) < 4.78 is 18.7. The van der Waals surface area contributed by atoms with Crippen LogP contribution in [-0.2, 0) is 9.59 Å². The standard InChI is InChI=1S/C27H35FN4O3/c28-23-6-8-24(9-7-23)31-19-17-30(18-20-31)16-13-29-27(34)22-10-14-32(15-11-22)26(33)12-21-35-25-4-2-1-3-5-25/h1-9,22H,10-21H2,(H,29,34). The van der Waals surface area contributed by atoms with E-state index in [1.807, 2.05) is 47.4 Å². The highest BCUT2D eigenvalue weighted by atomic mass is 19.1. The first-order chi connectivity index (χ1) is 17.1. The molecule has 8 heteroatoms. The van der Waals surface area contributed by atoms with Crippen molar-refractivity contribution in [3.05, 3.63) is 60.4 Å². The van der Waals surface area contributed by atoms with Gasteiger partial charge in [0.2, 0.25) is 11.8 Å². The van der Waals surface area contributed by atoms with E-state index in [1.54, 1.807) is 0 Å². The maximum Gasteiger partial charge on any atom is 0.225 e. The zero-order valence-corrected chi connectivity index (χ0v) is 20.2. The lowest BCUT2D eigenvalue weighted by Gasteiger charge is -2.36. The van der Waals surface area contributed by atoms with Crippen molar-refractivity contribution in [3.8, 4) is 5.75 Å². The monoisotopic (exact) mass is 482 g/mol. The van der Waals surface area contributed by atoms with Crippen molar-refractivity contribution >= 4 is 17.5 Å². The number of amides is 2. The first-order valence-corrected chi connectivity index (χ1v) is 12.5. The minimum atomic E-state index is -0.214. The number of piperidine rings is 1. The van der Waals surface area contributed by atoms with Gasteiger partial charge in [0.25, 0.3) is 0 Å². The molecule has 4 rings (SSSR count). The number of rotatable bonds is 9. The second-order valence-corrected chi connectivity index (χ2v) is 9.16. The molecule has 35 heavy (non-hydrogen) atoms. The topological polar surface area (TPSA) is 65.1 Å². The molecule has 2 aliphatic rings. The molecule has 7 nitrogen and oxygen atoms in total. The van der Waals surface area contributed by atoms with Crippen LogP contribution in [0.15, 0.2) is 54.6 Å². The van der Waals surface area contributed by atoms with Gasteiger partial charge in [-0.3, -0.25) is 14.5 Å². The predicted octanol–water partition coefficient (Wildman–Crippen LogP) is 2.77. The van der Waals surface area contributed by atoms with Crippen LogP contribution in [0.1, 0.15) is 19.3 Å². The number of benzene rings is 2. The van der Waals surface area contributed by atoms with E-state index in [9.17, 15) is 14.0 Å². The summed E-state index contributed by atoms with van der Waals surface area (Å²) >= 11 is 0. The van der Waals surface area contributed by atoms with Crippen molar-refractivity contribution < 1.29 is 18.7 Å². The van der Waals surface area contributed by atoms with Gasteiger partial charge in [0.1, 0.15) is 11.6 Å². The zero-order chi connectivity index (χ0) is 24.5. The van der Waals surface area contributed by atoms with E-state index >= 15 is 0 Å². The van der Waals surface area contributed by atoms with E-state index in [1.165, 1.54) is 12.1 Å². The van der Waals surface area contributed by atoms with Gasteiger partial charge in [-0.15, -0.1) is 0 Å². The maximum atomic E-state index is 13.1. The van der Waals surface area contributed by atoms with E-state index in [-0.39, 0.29) is 23.5 Å². The number of anilines is 1. The highest BCUT2D eigenvalue weighted by Gasteiger charge is 2.27. The van der Waals surface area contributed by atoms with Crippen LogP contribution in [-0.4, -0.2) is 80.6 Å². The molecule has 0 bridgehead atoms. The Morgan fingerprint density at radius 3 is 2.29 bits per heavy atom. The van der Waals surface area contributed by atoms with Gasteiger partial charge in [-0.2, -0.15) is 0 Å². The van der Waals surface area contributed by atoms with E-state index < -0.39 is 0 Å². The number of piperazine rings is 1. The number of para-hydroxylation sites is 1. The molecule has 2 heterocycles. The third kappa shape index (κ3) is 7.42. The molecule has 0 aromatic heterocycles. The molecule has 0 atom stereocenters. The van der Waals surface area contributed by atoms with Crippen molar-refractivity contribution in [1.82, 2.24) is 15.1 Å². The van der Waals surface area contributed by atoms with Crippen LogP contribution in [0.2, 0.25) is 0 Å². The summed E-state index contributed by atoms with van der Waals surface area (Å²) in [5.41, 5.74) is 1.05. The number of hydrogen-bond donors (Lipinski definition) is 1. The molecule has 2 aromatic rings. The van der Waals surface area contributed by atoms with Crippen molar-refractivity contribution in [2.24, 2.45) is 5.92 Å². The Morgan fingerprint density at radius 1 is 0.914 bits per heavy atom. The largest absolute Gasteiger partial charge is 0.493 e.